The van der Waals surface area contributed by atoms with E-state index in [1.807, 2.05) is 41.4 Å². The fraction of sp³-hybridized carbons (Fsp3) is 0.174. The van der Waals surface area contributed by atoms with Gasteiger partial charge in [-0.1, -0.05) is 0 Å². The number of rotatable bonds is 6. The van der Waals surface area contributed by atoms with Gasteiger partial charge >= 0.3 is 0 Å². The van der Waals surface area contributed by atoms with Gasteiger partial charge in [-0.2, -0.15) is 0 Å². The normalized spacial score (nSPS) is 14.3. The molecular formula is C23H22FN3O3. The van der Waals surface area contributed by atoms with Gasteiger partial charge in [0, 0.05) is 25.0 Å². The minimum atomic E-state index is -0.990. The van der Waals surface area contributed by atoms with Crippen LogP contribution < -0.4 is 9.64 Å². The van der Waals surface area contributed by atoms with Gasteiger partial charge in [-0.15, -0.1) is 0 Å². The van der Waals surface area contributed by atoms with Crippen LogP contribution in [0, 0.1) is 5.82 Å². The summed E-state index contributed by atoms with van der Waals surface area (Å²) in [6.07, 6.45) is 2.87. The third kappa shape index (κ3) is 4.42. The molecule has 1 unspecified atom stereocenters. The number of halogens is 1. The third-order valence-corrected chi connectivity index (χ3v) is 4.76. The van der Waals surface area contributed by atoms with E-state index in [0.29, 0.717) is 35.2 Å². The van der Waals surface area contributed by atoms with E-state index in [-0.39, 0.29) is 12.4 Å². The summed E-state index contributed by atoms with van der Waals surface area (Å²) in [6, 6.07) is 16.7. The Labute approximate surface area is 174 Å². The summed E-state index contributed by atoms with van der Waals surface area (Å²) in [4.78, 5) is 8.71. The number of aliphatic hydroxyl groups excluding tert-OH is 2. The SMILES string of the molecule is CN1C=CN(c2cc(C(O)CO)cc(-c3ccc(Oc4ccc(F)cc4)cc3)n2)C1. The first-order chi connectivity index (χ1) is 14.5. The van der Waals surface area contributed by atoms with Crippen LogP contribution in [-0.4, -0.2) is 40.4 Å². The Bertz CT molecular complexity index is 1040. The van der Waals surface area contributed by atoms with Gasteiger partial charge in [0.25, 0.3) is 0 Å². The smallest absolute Gasteiger partial charge is 0.135 e. The molecule has 7 heteroatoms. The predicted octanol–water partition coefficient (Wildman–Crippen LogP) is 3.89. The van der Waals surface area contributed by atoms with Crippen LogP contribution in [0.2, 0.25) is 0 Å². The molecule has 0 amide bonds. The molecular weight excluding hydrogens is 385 g/mol. The van der Waals surface area contributed by atoms with Gasteiger partial charge in [0.15, 0.2) is 0 Å². The van der Waals surface area contributed by atoms with E-state index < -0.39 is 6.10 Å². The van der Waals surface area contributed by atoms with Gasteiger partial charge in [-0.25, -0.2) is 9.37 Å². The molecule has 2 heterocycles. The van der Waals surface area contributed by atoms with Crippen LogP contribution in [0.1, 0.15) is 11.7 Å². The molecule has 0 radical (unpaired) electrons. The van der Waals surface area contributed by atoms with Crippen LogP contribution in [0.3, 0.4) is 0 Å². The number of benzene rings is 2. The molecule has 1 aliphatic rings. The second kappa shape index (κ2) is 8.52. The molecule has 1 atom stereocenters. The number of pyridine rings is 1. The second-order valence-electron chi connectivity index (χ2n) is 7.09. The van der Waals surface area contributed by atoms with Crippen molar-refractivity contribution in [3.8, 4) is 22.8 Å². The number of aliphatic hydroxyl groups is 2. The molecule has 3 aromatic rings. The Kier molecular flexibility index (Phi) is 5.65. The zero-order valence-corrected chi connectivity index (χ0v) is 16.4. The van der Waals surface area contributed by atoms with E-state index in [2.05, 4.69) is 0 Å². The van der Waals surface area contributed by atoms with Crippen LogP contribution in [-0.2, 0) is 0 Å². The highest BCUT2D eigenvalue weighted by Crippen LogP contribution is 2.30. The zero-order valence-electron chi connectivity index (χ0n) is 16.4. The fourth-order valence-electron chi connectivity index (χ4n) is 3.14. The van der Waals surface area contributed by atoms with Crippen molar-refractivity contribution in [2.24, 2.45) is 0 Å². The highest BCUT2D eigenvalue weighted by Gasteiger charge is 2.17. The van der Waals surface area contributed by atoms with Crippen molar-refractivity contribution in [3.05, 3.63) is 84.4 Å². The van der Waals surface area contributed by atoms with Crippen LogP contribution in [0.5, 0.6) is 11.5 Å². The minimum Gasteiger partial charge on any atom is -0.457 e. The molecule has 1 aliphatic heterocycles. The molecule has 6 nitrogen and oxygen atoms in total. The maximum absolute atomic E-state index is 13.0. The number of anilines is 1. The van der Waals surface area contributed by atoms with Gasteiger partial charge in [-0.3, -0.25) is 0 Å². The molecule has 2 aromatic carbocycles. The maximum atomic E-state index is 13.0. The Morgan fingerprint density at radius 3 is 2.30 bits per heavy atom. The lowest BCUT2D eigenvalue weighted by molar-refractivity contribution is 0.0956. The van der Waals surface area contributed by atoms with Crippen molar-refractivity contribution in [2.45, 2.75) is 6.10 Å². The molecule has 4 rings (SSSR count). The van der Waals surface area contributed by atoms with Crippen LogP contribution >= 0.6 is 0 Å². The average molecular weight is 407 g/mol. The first-order valence-electron chi connectivity index (χ1n) is 9.52. The number of hydrogen-bond acceptors (Lipinski definition) is 6. The molecule has 0 spiro atoms. The Morgan fingerprint density at radius 1 is 1.03 bits per heavy atom. The van der Waals surface area contributed by atoms with Crippen LogP contribution in [0.15, 0.2) is 73.1 Å². The van der Waals surface area contributed by atoms with Crippen molar-refractivity contribution < 1.29 is 19.3 Å². The van der Waals surface area contributed by atoms with Crippen LogP contribution in [0.25, 0.3) is 11.3 Å². The van der Waals surface area contributed by atoms with E-state index in [1.54, 1.807) is 36.4 Å². The standard InChI is InChI=1S/C23H22FN3O3/c1-26-10-11-27(15-26)23-13-17(22(29)14-28)12-21(25-23)16-2-6-19(7-3-16)30-20-8-4-18(24)5-9-20/h2-13,22,28-29H,14-15H2,1H3. The summed E-state index contributed by atoms with van der Waals surface area (Å²) in [6.45, 7) is 0.276. The summed E-state index contributed by atoms with van der Waals surface area (Å²) in [5.41, 5.74) is 2.10. The summed E-state index contributed by atoms with van der Waals surface area (Å²) in [7, 11) is 1.96. The Morgan fingerprint density at radius 2 is 1.70 bits per heavy atom. The lowest BCUT2D eigenvalue weighted by Gasteiger charge is -2.20. The highest BCUT2D eigenvalue weighted by atomic mass is 19.1. The van der Waals surface area contributed by atoms with Crippen molar-refractivity contribution >= 4 is 5.82 Å². The van der Waals surface area contributed by atoms with E-state index in [0.717, 1.165) is 5.56 Å². The van der Waals surface area contributed by atoms with Crippen molar-refractivity contribution in [1.82, 2.24) is 9.88 Å². The largest absolute Gasteiger partial charge is 0.457 e. The molecule has 0 saturated heterocycles. The van der Waals surface area contributed by atoms with Crippen molar-refractivity contribution in [2.75, 3.05) is 25.2 Å². The molecule has 1 aromatic heterocycles. The van der Waals surface area contributed by atoms with E-state index >= 15 is 0 Å². The Hall–Kier alpha value is -3.42. The monoisotopic (exact) mass is 407 g/mol. The maximum Gasteiger partial charge on any atom is 0.135 e. The molecule has 0 saturated carbocycles. The van der Waals surface area contributed by atoms with E-state index in [1.165, 1.54) is 12.1 Å². The predicted molar refractivity (Wildman–Crippen MR) is 112 cm³/mol. The highest BCUT2D eigenvalue weighted by molar-refractivity contribution is 5.64. The quantitative estimate of drug-likeness (QED) is 0.646. The lowest BCUT2D eigenvalue weighted by Crippen LogP contribution is -2.23. The summed E-state index contributed by atoms with van der Waals surface area (Å²) < 4.78 is 18.8. The third-order valence-electron chi connectivity index (χ3n) is 4.76. The van der Waals surface area contributed by atoms with Gasteiger partial charge in [-0.05, 0) is 66.2 Å². The molecule has 2 N–H and O–H groups in total. The lowest BCUT2D eigenvalue weighted by atomic mass is 10.1. The number of ether oxygens (including phenoxy) is 1. The summed E-state index contributed by atoms with van der Waals surface area (Å²) >= 11 is 0. The van der Waals surface area contributed by atoms with Crippen molar-refractivity contribution in [1.29, 1.82) is 0 Å². The van der Waals surface area contributed by atoms with Gasteiger partial charge in [0.1, 0.15) is 29.2 Å². The molecule has 30 heavy (non-hydrogen) atoms. The van der Waals surface area contributed by atoms with E-state index in [4.69, 9.17) is 9.72 Å². The number of nitrogens with zero attached hydrogens (tertiary/aromatic N) is 3. The molecule has 0 fully saturated rings. The molecule has 154 valence electrons. The zero-order chi connectivity index (χ0) is 21.1. The first kappa shape index (κ1) is 19.9. The second-order valence-corrected chi connectivity index (χ2v) is 7.09. The Balaban J connectivity index is 1.61. The number of hydrogen-bond donors (Lipinski definition) is 2. The number of aromatic nitrogens is 1. The molecule has 0 aliphatic carbocycles. The van der Waals surface area contributed by atoms with Crippen LogP contribution in [0.4, 0.5) is 10.2 Å². The van der Waals surface area contributed by atoms with Gasteiger partial charge < -0.3 is 24.7 Å². The summed E-state index contributed by atoms with van der Waals surface area (Å²) in [5.74, 6) is 1.52. The van der Waals surface area contributed by atoms with Gasteiger partial charge in [0.2, 0.25) is 0 Å². The minimum absolute atomic E-state index is 0.316. The van der Waals surface area contributed by atoms with E-state index in [9.17, 15) is 14.6 Å². The molecule has 0 bridgehead atoms. The summed E-state index contributed by atoms with van der Waals surface area (Å²) in [5, 5.41) is 19.6. The first-order valence-corrected chi connectivity index (χ1v) is 9.52. The fourth-order valence-corrected chi connectivity index (χ4v) is 3.14. The van der Waals surface area contributed by atoms with Crippen molar-refractivity contribution in [3.63, 3.8) is 0 Å². The topological polar surface area (TPSA) is 69.1 Å². The van der Waals surface area contributed by atoms with Gasteiger partial charge in [0.05, 0.1) is 19.0 Å². The average Bonchev–Trinajstić information content (AvgIpc) is 3.21.